The number of pyridine rings is 1. The molecule has 0 radical (unpaired) electrons. The van der Waals surface area contributed by atoms with Crippen LogP contribution in [0.15, 0.2) is 30.5 Å². The van der Waals surface area contributed by atoms with Gasteiger partial charge in [0.2, 0.25) is 0 Å². The molecule has 0 fully saturated rings. The first-order valence-corrected chi connectivity index (χ1v) is 6.93. The minimum Gasteiger partial charge on any atom is -0.495 e. The Kier molecular flexibility index (Phi) is 4.58. The number of nitrogens with one attached hydrogen (secondary N) is 1. The SMILES string of the molecule is CCNC(c1ccc(Cl)s1)c1ncccc1OC. The van der Waals surface area contributed by atoms with Gasteiger partial charge in [-0.2, -0.15) is 0 Å². The van der Waals surface area contributed by atoms with Crippen LogP contribution in [-0.2, 0) is 0 Å². The lowest BCUT2D eigenvalue weighted by atomic mass is 10.1. The van der Waals surface area contributed by atoms with E-state index >= 15 is 0 Å². The summed E-state index contributed by atoms with van der Waals surface area (Å²) in [6.45, 7) is 2.91. The molecule has 0 aliphatic carbocycles. The Balaban J connectivity index is 2.41. The number of hydrogen-bond donors (Lipinski definition) is 1. The lowest BCUT2D eigenvalue weighted by molar-refractivity contribution is 0.401. The van der Waals surface area contributed by atoms with Gasteiger partial charge in [-0.25, -0.2) is 0 Å². The molecule has 0 saturated carbocycles. The van der Waals surface area contributed by atoms with Crippen molar-refractivity contribution in [2.45, 2.75) is 13.0 Å². The van der Waals surface area contributed by atoms with Crippen LogP contribution in [0.25, 0.3) is 0 Å². The third-order valence-electron chi connectivity index (χ3n) is 2.58. The van der Waals surface area contributed by atoms with Crippen LogP contribution in [0, 0.1) is 0 Å². The largest absolute Gasteiger partial charge is 0.495 e. The van der Waals surface area contributed by atoms with Gasteiger partial charge in [0.1, 0.15) is 11.4 Å². The molecular formula is C13H15ClN2OS. The second-order valence-electron chi connectivity index (χ2n) is 3.72. The lowest BCUT2D eigenvalue weighted by Gasteiger charge is -2.18. The van der Waals surface area contributed by atoms with E-state index in [1.165, 1.54) is 0 Å². The van der Waals surface area contributed by atoms with Gasteiger partial charge in [-0.15, -0.1) is 11.3 Å². The molecule has 2 heterocycles. The van der Waals surface area contributed by atoms with Crippen LogP contribution >= 0.6 is 22.9 Å². The minimum absolute atomic E-state index is 0.0173. The summed E-state index contributed by atoms with van der Waals surface area (Å²) in [5, 5.41) is 3.41. The van der Waals surface area contributed by atoms with Crippen molar-refractivity contribution >= 4 is 22.9 Å². The number of methoxy groups -OCH3 is 1. The highest BCUT2D eigenvalue weighted by Crippen LogP contribution is 2.33. The molecule has 0 amide bonds. The van der Waals surface area contributed by atoms with Crippen LogP contribution in [-0.4, -0.2) is 18.6 Å². The summed E-state index contributed by atoms with van der Waals surface area (Å²) in [6.07, 6.45) is 1.78. The zero-order valence-electron chi connectivity index (χ0n) is 10.3. The maximum Gasteiger partial charge on any atom is 0.142 e. The molecule has 1 unspecified atom stereocenters. The summed E-state index contributed by atoms with van der Waals surface area (Å²) in [4.78, 5) is 5.57. The molecule has 0 aromatic carbocycles. The van der Waals surface area contributed by atoms with Crippen molar-refractivity contribution < 1.29 is 4.74 Å². The Bertz CT molecular complexity index is 515. The number of halogens is 1. The highest BCUT2D eigenvalue weighted by molar-refractivity contribution is 7.16. The van der Waals surface area contributed by atoms with Gasteiger partial charge in [-0.05, 0) is 30.8 Å². The van der Waals surface area contributed by atoms with E-state index in [4.69, 9.17) is 16.3 Å². The number of hydrogen-bond acceptors (Lipinski definition) is 4. The molecule has 0 aliphatic heterocycles. The fourth-order valence-electron chi connectivity index (χ4n) is 1.81. The van der Waals surface area contributed by atoms with Gasteiger partial charge in [0.15, 0.2) is 0 Å². The Hall–Kier alpha value is -1.10. The summed E-state index contributed by atoms with van der Waals surface area (Å²) in [5.74, 6) is 0.785. The van der Waals surface area contributed by atoms with E-state index in [2.05, 4.69) is 17.2 Å². The molecule has 0 aliphatic rings. The summed E-state index contributed by atoms with van der Waals surface area (Å²) >= 11 is 7.56. The second-order valence-corrected chi connectivity index (χ2v) is 5.47. The van der Waals surface area contributed by atoms with Gasteiger partial charge in [0.05, 0.1) is 17.5 Å². The van der Waals surface area contributed by atoms with E-state index < -0.39 is 0 Å². The first-order valence-electron chi connectivity index (χ1n) is 5.73. The van der Waals surface area contributed by atoms with E-state index in [0.29, 0.717) is 0 Å². The van der Waals surface area contributed by atoms with Crippen LogP contribution in [0.3, 0.4) is 0 Å². The normalized spacial score (nSPS) is 12.4. The summed E-state index contributed by atoms with van der Waals surface area (Å²) in [5.41, 5.74) is 0.889. The highest BCUT2D eigenvalue weighted by atomic mass is 35.5. The van der Waals surface area contributed by atoms with Crippen LogP contribution < -0.4 is 10.1 Å². The number of aromatic nitrogens is 1. The summed E-state index contributed by atoms with van der Waals surface area (Å²) < 4.78 is 6.15. The topological polar surface area (TPSA) is 34.2 Å². The van der Waals surface area contributed by atoms with E-state index in [0.717, 1.165) is 27.2 Å². The molecule has 0 bridgehead atoms. The van der Waals surface area contributed by atoms with Gasteiger partial charge >= 0.3 is 0 Å². The predicted molar refractivity (Wildman–Crippen MR) is 75.6 cm³/mol. The maximum absolute atomic E-state index is 6.00. The van der Waals surface area contributed by atoms with Crippen LogP contribution in [0.5, 0.6) is 5.75 Å². The van der Waals surface area contributed by atoms with E-state index in [-0.39, 0.29) is 6.04 Å². The minimum atomic E-state index is 0.0173. The Morgan fingerprint density at radius 2 is 2.28 bits per heavy atom. The van der Waals surface area contributed by atoms with Crippen LogP contribution in [0.4, 0.5) is 0 Å². The maximum atomic E-state index is 6.00. The van der Waals surface area contributed by atoms with E-state index in [1.807, 2.05) is 24.3 Å². The summed E-state index contributed by atoms with van der Waals surface area (Å²) in [6, 6.07) is 7.73. The Morgan fingerprint density at radius 3 is 2.89 bits per heavy atom. The number of ether oxygens (including phenoxy) is 1. The van der Waals surface area contributed by atoms with Crippen molar-refractivity contribution in [2.24, 2.45) is 0 Å². The Labute approximate surface area is 116 Å². The van der Waals surface area contributed by atoms with Gasteiger partial charge in [0.25, 0.3) is 0 Å². The molecule has 0 saturated heterocycles. The van der Waals surface area contributed by atoms with Crippen LogP contribution in [0.1, 0.15) is 23.5 Å². The highest BCUT2D eigenvalue weighted by Gasteiger charge is 2.20. The molecule has 0 spiro atoms. The van der Waals surface area contributed by atoms with Gasteiger partial charge in [-0.3, -0.25) is 4.98 Å². The van der Waals surface area contributed by atoms with E-state index in [1.54, 1.807) is 24.6 Å². The fourth-order valence-corrected chi connectivity index (χ4v) is 2.95. The quantitative estimate of drug-likeness (QED) is 0.911. The Morgan fingerprint density at radius 1 is 1.44 bits per heavy atom. The zero-order chi connectivity index (χ0) is 13.0. The van der Waals surface area contributed by atoms with Crippen molar-refractivity contribution in [3.05, 3.63) is 45.4 Å². The first-order chi connectivity index (χ1) is 8.76. The third kappa shape index (κ3) is 2.83. The molecule has 5 heteroatoms. The summed E-state index contributed by atoms with van der Waals surface area (Å²) in [7, 11) is 1.66. The van der Waals surface area contributed by atoms with Crippen LogP contribution in [0.2, 0.25) is 4.34 Å². The van der Waals surface area contributed by atoms with Gasteiger partial charge in [-0.1, -0.05) is 18.5 Å². The number of rotatable bonds is 5. The molecule has 96 valence electrons. The third-order valence-corrected chi connectivity index (χ3v) is 3.88. The lowest BCUT2D eigenvalue weighted by Crippen LogP contribution is -2.22. The zero-order valence-corrected chi connectivity index (χ0v) is 11.9. The molecule has 2 aromatic heterocycles. The average molecular weight is 283 g/mol. The molecule has 2 aromatic rings. The van der Waals surface area contributed by atoms with Crippen molar-refractivity contribution in [3.63, 3.8) is 0 Å². The van der Waals surface area contributed by atoms with Crippen molar-refractivity contribution in [1.82, 2.24) is 10.3 Å². The molecular weight excluding hydrogens is 268 g/mol. The molecule has 1 atom stereocenters. The van der Waals surface area contributed by atoms with Gasteiger partial charge < -0.3 is 10.1 Å². The molecule has 18 heavy (non-hydrogen) atoms. The van der Waals surface area contributed by atoms with Crippen molar-refractivity contribution in [1.29, 1.82) is 0 Å². The van der Waals surface area contributed by atoms with E-state index in [9.17, 15) is 0 Å². The van der Waals surface area contributed by atoms with Crippen molar-refractivity contribution in [2.75, 3.05) is 13.7 Å². The van der Waals surface area contributed by atoms with Crippen molar-refractivity contribution in [3.8, 4) is 5.75 Å². The smallest absolute Gasteiger partial charge is 0.142 e. The number of nitrogens with zero attached hydrogens (tertiary/aromatic N) is 1. The fraction of sp³-hybridized carbons (Fsp3) is 0.308. The molecule has 2 rings (SSSR count). The monoisotopic (exact) mass is 282 g/mol. The first kappa shape index (κ1) is 13.3. The number of thiophene rings is 1. The average Bonchev–Trinajstić information content (AvgIpc) is 2.82. The predicted octanol–water partition coefficient (Wildman–Crippen LogP) is 3.50. The van der Waals surface area contributed by atoms with Gasteiger partial charge in [0, 0.05) is 11.1 Å². The standard InChI is InChI=1S/C13H15ClN2OS/c1-3-15-13(10-6-7-11(14)18-10)12-9(17-2)5-4-8-16-12/h4-8,13,15H,3H2,1-2H3. The molecule has 1 N–H and O–H groups in total. The second kappa shape index (κ2) is 6.18. The molecule has 3 nitrogen and oxygen atoms in total.